The summed E-state index contributed by atoms with van der Waals surface area (Å²) in [5, 5.41) is 0. The Kier molecular flexibility index (Phi) is 5.22. The fraction of sp³-hybridized carbons (Fsp3) is 0.588. The maximum Gasteiger partial charge on any atom is 0.337 e. The minimum Gasteiger partial charge on any atom is -0.465 e. The molecule has 24 heavy (non-hydrogen) atoms. The summed E-state index contributed by atoms with van der Waals surface area (Å²) in [7, 11) is -2.22. The molecule has 2 aliphatic rings. The molecule has 2 heterocycles. The van der Waals surface area contributed by atoms with E-state index in [4.69, 9.17) is 0 Å². The van der Waals surface area contributed by atoms with Gasteiger partial charge in [-0.05, 0) is 63.0 Å². The summed E-state index contributed by atoms with van der Waals surface area (Å²) in [5.74, 6) is -0.466. The van der Waals surface area contributed by atoms with Crippen LogP contribution in [-0.2, 0) is 14.8 Å². The van der Waals surface area contributed by atoms with Gasteiger partial charge in [0.15, 0.2) is 0 Å². The van der Waals surface area contributed by atoms with E-state index in [2.05, 4.69) is 9.64 Å². The molecular weight excluding hydrogens is 328 g/mol. The van der Waals surface area contributed by atoms with Crippen LogP contribution in [0.4, 0.5) is 0 Å². The first-order chi connectivity index (χ1) is 11.5. The topological polar surface area (TPSA) is 66.9 Å². The van der Waals surface area contributed by atoms with Gasteiger partial charge in [-0.3, -0.25) is 0 Å². The quantitative estimate of drug-likeness (QED) is 0.755. The van der Waals surface area contributed by atoms with E-state index in [-0.39, 0.29) is 10.9 Å². The summed E-state index contributed by atoms with van der Waals surface area (Å²) in [5.41, 5.74) is 0.353. The van der Waals surface area contributed by atoms with Crippen molar-refractivity contribution in [2.45, 2.75) is 36.6 Å². The van der Waals surface area contributed by atoms with Gasteiger partial charge in [0.1, 0.15) is 0 Å². The van der Waals surface area contributed by atoms with Gasteiger partial charge in [-0.2, -0.15) is 4.31 Å². The molecule has 1 aromatic carbocycles. The molecule has 0 N–H and O–H groups in total. The van der Waals surface area contributed by atoms with Crippen molar-refractivity contribution in [1.82, 2.24) is 9.21 Å². The van der Waals surface area contributed by atoms with Gasteiger partial charge in [-0.15, -0.1) is 0 Å². The average molecular weight is 352 g/mol. The molecule has 0 spiro atoms. The second-order valence-corrected chi connectivity index (χ2v) is 8.33. The minimum absolute atomic E-state index is 0.0494. The predicted octanol–water partition coefficient (Wildman–Crippen LogP) is 1.72. The van der Waals surface area contributed by atoms with E-state index in [1.165, 1.54) is 44.2 Å². The average Bonchev–Trinajstić information content (AvgIpc) is 3.27. The number of sulfonamides is 1. The Morgan fingerprint density at radius 3 is 2.42 bits per heavy atom. The molecule has 6 nitrogen and oxygen atoms in total. The number of hydrogen-bond donors (Lipinski definition) is 0. The number of rotatable bonds is 5. The maximum atomic E-state index is 13.0. The number of benzene rings is 1. The Hall–Kier alpha value is -1.44. The molecule has 0 aromatic heterocycles. The second kappa shape index (κ2) is 7.21. The van der Waals surface area contributed by atoms with Gasteiger partial charge in [0.05, 0.1) is 17.6 Å². The number of hydrogen-bond acceptors (Lipinski definition) is 5. The van der Waals surface area contributed by atoms with Crippen molar-refractivity contribution >= 4 is 16.0 Å². The van der Waals surface area contributed by atoms with Crippen molar-refractivity contribution in [2.75, 3.05) is 33.3 Å². The Labute approximate surface area is 143 Å². The normalized spacial score (nSPS) is 22.8. The number of likely N-dealkylation sites (tertiary alicyclic amines) is 1. The highest BCUT2D eigenvalue weighted by Crippen LogP contribution is 2.27. The largest absolute Gasteiger partial charge is 0.465 e. The number of nitrogens with zero attached hydrogens (tertiary/aromatic N) is 2. The molecule has 0 saturated carbocycles. The van der Waals surface area contributed by atoms with Gasteiger partial charge in [0.25, 0.3) is 0 Å². The fourth-order valence-electron chi connectivity index (χ4n) is 3.59. The lowest BCUT2D eigenvalue weighted by Gasteiger charge is -2.27. The zero-order chi connectivity index (χ0) is 17.2. The molecule has 1 atom stereocenters. The molecule has 7 heteroatoms. The molecule has 0 amide bonds. The highest BCUT2D eigenvalue weighted by molar-refractivity contribution is 7.89. The predicted molar refractivity (Wildman–Crippen MR) is 90.4 cm³/mol. The summed E-state index contributed by atoms with van der Waals surface area (Å²) in [6.07, 6.45) is 4.22. The smallest absolute Gasteiger partial charge is 0.337 e. The highest BCUT2D eigenvalue weighted by Gasteiger charge is 2.36. The Balaban J connectivity index is 1.76. The zero-order valence-corrected chi connectivity index (χ0v) is 14.8. The van der Waals surface area contributed by atoms with Crippen LogP contribution in [0, 0.1) is 0 Å². The first-order valence-corrected chi connectivity index (χ1v) is 9.89. The lowest BCUT2D eigenvalue weighted by molar-refractivity contribution is 0.0600. The number of carbonyl (C=O) groups is 1. The third-order valence-electron chi connectivity index (χ3n) is 4.87. The molecule has 2 saturated heterocycles. The second-order valence-electron chi connectivity index (χ2n) is 6.44. The van der Waals surface area contributed by atoms with E-state index in [0.29, 0.717) is 12.1 Å². The van der Waals surface area contributed by atoms with Crippen LogP contribution in [0.5, 0.6) is 0 Å². The van der Waals surface area contributed by atoms with Gasteiger partial charge < -0.3 is 9.64 Å². The summed E-state index contributed by atoms with van der Waals surface area (Å²) in [6.45, 7) is 3.52. The summed E-state index contributed by atoms with van der Waals surface area (Å²) in [6, 6.07) is 6.04. The Bertz CT molecular complexity index is 681. The van der Waals surface area contributed by atoms with Crippen molar-refractivity contribution in [2.24, 2.45) is 0 Å². The van der Waals surface area contributed by atoms with Crippen LogP contribution in [-0.4, -0.2) is 62.9 Å². The van der Waals surface area contributed by atoms with Crippen LogP contribution >= 0.6 is 0 Å². The molecule has 3 rings (SSSR count). The number of ether oxygens (including phenoxy) is 1. The van der Waals surface area contributed by atoms with E-state index < -0.39 is 16.0 Å². The van der Waals surface area contributed by atoms with Crippen LogP contribution in [0.25, 0.3) is 0 Å². The molecular formula is C17H24N2O4S. The van der Waals surface area contributed by atoms with Crippen molar-refractivity contribution in [3.63, 3.8) is 0 Å². The van der Waals surface area contributed by atoms with Crippen molar-refractivity contribution < 1.29 is 17.9 Å². The maximum absolute atomic E-state index is 13.0. The Morgan fingerprint density at radius 1 is 1.12 bits per heavy atom. The lowest BCUT2D eigenvalue weighted by atomic mass is 10.2. The van der Waals surface area contributed by atoms with Gasteiger partial charge in [0, 0.05) is 19.1 Å². The fourth-order valence-corrected chi connectivity index (χ4v) is 5.27. The molecule has 2 fully saturated rings. The SMILES string of the molecule is COC(=O)c1ccc(S(=O)(=O)N2CCC[C@@H]2CN2CCCC2)cc1. The summed E-state index contributed by atoms with van der Waals surface area (Å²) in [4.78, 5) is 14.1. The van der Waals surface area contributed by atoms with Crippen molar-refractivity contribution in [1.29, 1.82) is 0 Å². The van der Waals surface area contributed by atoms with Crippen LogP contribution in [0.2, 0.25) is 0 Å². The van der Waals surface area contributed by atoms with Gasteiger partial charge in [0.2, 0.25) is 10.0 Å². The summed E-state index contributed by atoms with van der Waals surface area (Å²) >= 11 is 0. The standard InChI is InChI=1S/C17H24N2O4S/c1-23-17(20)14-6-8-16(9-7-14)24(21,22)19-12-4-5-15(19)13-18-10-2-3-11-18/h6-9,15H,2-5,10-13H2,1H3/t15-/m1/s1. The third-order valence-corrected chi connectivity index (χ3v) is 6.84. The lowest BCUT2D eigenvalue weighted by Crippen LogP contribution is -2.42. The third kappa shape index (κ3) is 3.48. The van der Waals surface area contributed by atoms with E-state index in [0.717, 1.165) is 32.5 Å². The minimum atomic E-state index is -3.52. The first kappa shape index (κ1) is 17.4. The molecule has 2 aliphatic heterocycles. The van der Waals surface area contributed by atoms with E-state index in [1.807, 2.05) is 0 Å². The number of methoxy groups -OCH3 is 1. The molecule has 132 valence electrons. The van der Waals surface area contributed by atoms with E-state index >= 15 is 0 Å². The van der Waals surface area contributed by atoms with Gasteiger partial charge >= 0.3 is 5.97 Å². The van der Waals surface area contributed by atoms with Crippen molar-refractivity contribution in [3.05, 3.63) is 29.8 Å². The molecule has 0 aliphatic carbocycles. The summed E-state index contributed by atoms with van der Waals surface area (Å²) < 4.78 is 32.2. The monoisotopic (exact) mass is 352 g/mol. The van der Waals surface area contributed by atoms with Gasteiger partial charge in [-0.1, -0.05) is 0 Å². The molecule has 1 aromatic rings. The molecule has 0 radical (unpaired) electrons. The van der Waals surface area contributed by atoms with E-state index in [1.54, 1.807) is 4.31 Å². The van der Waals surface area contributed by atoms with Crippen LogP contribution in [0.15, 0.2) is 29.2 Å². The van der Waals surface area contributed by atoms with E-state index in [9.17, 15) is 13.2 Å². The first-order valence-electron chi connectivity index (χ1n) is 8.45. The molecule has 0 unspecified atom stereocenters. The number of esters is 1. The van der Waals surface area contributed by atoms with Crippen LogP contribution in [0.1, 0.15) is 36.0 Å². The zero-order valence-electron chi connectivity index (χ0n) is 14.0. The van der Waals surface area contributed by atoms with Crippen molar-refractivity contribution in [3.8, 4) is 0 Å². The Morgan fingerprint density at radius 2 is 1.79 bits per heavy atom. The highest BCUT2D eigenvalue weighted by atomic mass is 32.2. The van der Waals surface area contributed by atoms with Crippen LogP contribution < -0.4 is 0 Å². The van der Waals surface area contributed by atoms with Gasteiger partial charge in [-0.25, -0.2) is 13.2 Å². The van der Waals surface area contributed by atoms with Crippen LogP contribution in [0.3, 0.4) is 0 Å². The number of carbonyl (C=O) groups excluding carboxylic acids is 1. The molecule has 0 bridgehead atoms.